The van der Waals surface area contributed by atoms with Crippen molar-refractivity contribution < 1.29 is 28.5 Å². The fourth-order valence-corrected chi connectivity index (χ4v) is 5.73. The van der Waals surface area contributed by atoms with E-state index in [2.05, 4.69) is 17.3 Å². The van der Waals surface area contributed by atoms with Gasteiger partial charge in [0.15, 0.2) is 0 Å². The average molecular weight is 658 g/mol. The molecule has 0 unspecified atom stereocenters. The van der Waals surface area contributed by atoms with Gasteiger partial charge in [-0.05, 0) is 27.8 Å². The summed E-state index contributed by atoms with van der Waals surface area (Å²) < 4.78 is 33.2. The Bertz CT molecular complexity index is 1640. The van der Waals surface area contributed by atoms with Gasteiger partial charge in [-0.3, -0.25) is 0 Å². The minimum atomic E-state index is -0.609. The van der Waals surface area contributed by atoms with Crippen LogP contribution in [0, 0.1) is 0 Å². The van der Waals surface area contributed by atoms with E-state index >= 15 is 0 Å². The maximum absolute atomic E-state index is 6.78. The predicted octanol–water partition coefficient (Wildman–Crippen LogP) is 7.93. The van der Waals surface area contributed by atoms with Crippen LogP contribution in [0.15, 0.2) is 157 Å². The Balaban J connectivity index is 1.28. The molecule has 1 heterocycles. The number of hydrogen-bond acceptors (Lipinski definition) is 7. The first kappa shape index (κ1) is 34.2. The Morgan fingerprint density at radius 2 is 0.837 bits per heavy atom. The quantitative estimate of drug-likeness (QED) is 0.0748. The van der Waals surface area contributed by atoms with Gasteiger partial charge in [0, 0.05) is 0 Å². The molecule has 1 aliphatic rings. The van der Waals surface area contributed by atoms with E-state index in [0.717, 1.165) is 27.8 Å². The van der Waals surface area contributed by atoms with E-state index in [1.54, 1.807) is 6.21 Å². The van der Waals surface area contributed by atoms with Crippen molar-refractivity contribution in [3.63, 3.8) is 0 Å². The molecule has 0 saturated carbocycles. The fraction of sp³-hybridized carbons (Fsp3) is 0.262. The second-order valence-electron chi connectivity index (χ2n) is 11.9. The van der Waals surface area contributed by atoms with Crippen LogP contribution in [-0.2, 0) is 61.6 Å². The van der Waals surface area contributed by atoms with Crippen molar-refractivity contribution in [3.05, 3.63) is 179 Å². The molecule has 0 aromatic heterocycles. The molecule has 0 spiro atoms. The van der Waals surface area contributed by atoms with Crippen molar-refractivity contribution in [1.82, 2.24) is 0 Å². The molecule has 0 bridgehead atoms. The molecule has 5 aromatic rings. The van der Waals surface area contributed by atoms with Crippen LogP contribution in [-0.4, -0.2) is 43.3 Å². The summed E-state index contributed by atoms with van der Waals surface area (Å²) in [6.45, 7) is 2.15. The fourth-order valence-electron chi connectivity index (χ4n) is 5.73. The lowest BCUT2D eigenvalue weighted by atomic mass is 9.94. The number of oxime groups is 1. The van der Waals surface area contributed by atoms with Gasteiger partial charge >= 0.3 is 0 Å². The molecule has 0 aliphatic carbocycles. The molecule has 5 aromatic carbocycles. The molecule has 7 heteroatoms. The van der Waals surface area contributed by atoms with Gasteiger partial charge in [-0.25, -0.2) is 0 Å². The average Bonchev–Trinajstić information content (AvgIpc) is 3.16. The monoisotopic (exact) mass is 657 g/mol. The van der Waals surface area contributed by atoms with Crippen LogP contribution < -0.4 is 0 Å². The third-order valence-electron chi connectivity index (χ3n) is 8.28. The van der Waals surface area contributed by atoms with Gasteiger partial charge in [-0.2, -0.15) is 0 Å². The van der Waals surface area contributed by atoms with Gasteiger partial charge < -0.3 is 28.5 Å². The number of hydrogen-bond donors (Lipinski definition) is 0. The molecule has 6 rings (SSSR count). The van der Waals surface area contributed by atoms with Gasteiger partial charge in [0.1, 0.15) is 37.1 Å². The van der Waals surface area contributed by atoms with Crippen molar-refractivity contribution in [3.8, 4) is 0 Å². The first-order chi connectivity index (χ1) is 24.3. The minimum absolute atomic E-state index is 0.278. The summed E-state index contributed by atoms with van der Waals surface area (Å²) in [5.41, 5.74) is 5.23. The Kier molecular flexibility index (Phi) is 13.1. The van der Waals surface area contributed by atoms with Gasteiger partial charge in [0.2, 0.25) is 0 Å². The van der Waals surface area contributed by atoms with Crippen LogP contribution in [0.5, 0.6) is 0 Å². The SMILES string of the molecule is C(=N\OCc1ccccc1)/[C@@H]1O[C@H](COCc2ccccc2)[C@H](OCc2ccccc2)[C@H](OCc2ccccc2)[C@H]1OCc1ccccc1. The highest BCUT2D eigenvalue weighted by atomic mass is 16.6. The summed E-state index contributed by atoms with van der Waals surface area (Å²) in [4.78, 5) is 5.74. The van der Waals surface area contributed by atoms with Crippen molar-refractivity contribution in [1.29, 1.82) is 0 Å². The Morgan fingerprint density at radius 3 is 1.31 bits per heavy atom. The first-order valence-corrected chi connectivity index (χ1v) is 16.7. The van der Waals surface area contributed by atoms with E-state index in [1.165, 1.54) is 0 Å². The Labute approximate surface area is 289 Å². The zero-order valence-electron chi connectivity index (χ0n) is 27.5. The molecule has 0 N–H and O–H groups in total. The Hall–Kier alpha value is -4.63. The van der Waals surface area contributed by atoms with Crippen molar-refractivity contribution >= 4 is 6.21 Å². The zero-order valence-corrected chi connectivity index (χ0v) is 27.5. The normalized spacial score (nSPS) is 20.7. The number of benzene rings is 5. The van der Waals surface area contributed by atoms with E-state index in [0.29, 0.717) is 33.0 Å². The number of nitrogens with zero attached hydrogens (tertiary/aromatic N) is 1. The molecule has 0 radical (unpaired) electrons. The second kappa shape index (κ2) is 18.8. The first-order valence-electron chi connectivity index (χ1n) is 16.7. The highest BCUT2D eigenvalue weighted by Gasteiger charge is 2.48. The molecule has 1 saturated heterocycles. The van der Waals surface area contributed by atoms with E-state index in [4.69, 9.17) is 28.5 Å². The van der Waals surface area contributed by atoms with Crippen molar-refractivity contribution in [2.45, 2.75) is 63.6 Å². The summed E-state index contributed by atoms with van der Waals surface area (Å²) in [5, 5.41) is 4.36. The molecule has 1 fully saturated rings. The van der Waals surface area contributed by atoms with E-state index < -0.39 is 30.5 Å². The zero-order chi connectivity index (χ0) is 33.4. The lowest BCUT2D eigenvalue weighted by Gasteiger charge is -2.45. The van der Waals surface area contributed by atoms with Crippen molar-refractivity contribution in [2.75, 3.05) is 6.61 Å². The van der Waals surface area contributed by atoms with Gasteiger partial charge in [0.05, 0.1) is 39.2 Å². The summed E-state index contributed by atoms with van der Waals surface area (Å²) in [6.07, 6.45) is -1.04. The van der Waals surface area contributed by atoms with Crippen LogP contribution in [0.1, 0.15) is 27.8 Å². The highest BCUT2D eigenvalue weighted by Crippen LogP contribution is 2.30. The number of ether oxygens (including phenoxy) is 5. The molecular weight excluding hydrogens is 614 g/mol. The van der Waals surface area contributed by atoms with Crippen LogP contribution in [0.3, 0.4) is 0 Å². The van der Waals surface area contributed by atoms with Gasteiger partial charge in [0.25, 0.3) is 0 Å². The van der Waals surface area contributed by atoms with Crippen LogP contribution in [0.25, 0.3) is 0 Å². The van der Waals surface area contributed by atoms with Crippen LogP contribution in [0.4, 0.5) is 0 Å². The summed E-state index contributed by atoms with van der Waals surface area (Å²) >= 11 is 0. The Morgan fingerprint density at radius 1 is 0.449 bits per heavy atom. The topological polar surface area (TPSA) is 67.7 Å². The van der Waals surface area contributed by atoms with Gasteiger partial charge in [-0.1, -0.05) is 157 Å². The van der Waals surface area contributed by atoms with Crippen LogP contribution >= 0.6 is 0 Å². The van der Waals surface area contributed by atoms with E-state index in [-0.39, 0.29) is 6.61 Å². The smallest absolute Gasteiger partial charge is 0.142 e. The summed E-state index contributed by atoms with van der Waals surface area (Å²) in [5.74, 6) is 0. The maximum atomic E-state index is 6.78. The summed E-state index contributed by atoms with van der Waals surface area (Å²) in [7, 11) is 0. The maximum Gasteiger partial charge on any atom is 0.142 e. The molecular formula is C42H43NO6. The third-order valence-corrected chi connectivity index (χ3v) is 8.28. The highest BCUT2D eigenvalue weighted by molar-refractivity contribution is 5.64. The standard InChI is InChI=1S/C42H43NO6/c1-6-16-33(17-7-1)27-44-32-39-41(46-29-35-20-10-3-11-21-35)42(47-30-36-22-12-4-13-23-36)40(45-28-34-18-8-2-9-19-34)38(49-39)26-43-48-31-37-24-14-5-15-25-37/h1-26,38-42H,27-32H2/b43-26+/t38-,39+,40-,41-,42+/m0/s1. The second-order valence-corrected chi connectivity index (χ2v) is 11.9. The lowest BCUT2D eigenvalue weighted by Crippen LogP contribution is -2.61. The molecule has 0 amide bonds. The van der Waals surface area contributed by atoms with Crippen LogP contribution in [0.2, 0.25) is 0 Å². The van der Waals surface area contributed by atoms with E-state index in [1.807, 2.05) is 140 Å². The molecule has 5 atom stereocenters. The molecule has 1 aliphatic heterocycles. The number of rotatable bonds is 17. The minimum Gasteiger partial charge on any atom is -0.391 e. The molecule has 7 nitrogen and oxygen atoms in total. The lowest BCUT2D eigenvalue weighted by molar-refractivity contribution is -0.258. The molecule has 49 heavy (non-hydrogen) atoms. The van der Waals surface area contributed by atoms with Gasteiger partial charge in [-0.15, -0.1) is 0 Å². The third kappa shape index (κ3) is 10.7. The summed E-state index contributed by atoms with van der Waals surface area (Å²) in [6, 6.07) is 50.3. The van der Waals surface area contributed by atoms with E-state index in [9.17, 15) is 0 Å². The predicted molar refractivity (Wildman–Crippen MR) is 190 cm³/mol. The largest absolute Gasteiger partial charge is 0.391 e. The molecule has 252 valence electrons. The van der Waals surface area contributed by atoms with Crippen molar-refractivity contribution in [2.24, 2.45) is 5.16 Å².